The summed E-state index contributed by atoms with van der Waals surface area (Å²) in [6.07, 6.45) is 3.62. The molecule has 1 saturated heterocycles. The molecule has 0 aliphatic carbocycles. The number of anilines is 2. The summed E-state index contributed by atoms with van der Waals surface area (Å²) < 4.78 is 5.46. The van der Waals surface area contributed by atoms with Gasteiger partial charge in [0.1, 0.15) is 11.6 Å². The van der Waals surface area contributed by atoms with Crippen LogP contribution in [0.3, 0.4) is 0 Å². The monoisotopic (exact) mass is 326 g/mol. The topological polar surface area (TPSA) is 50.3 Å². The fraction of sp³-hybridized carbons (Fsp3) is 0.474. The maximum absolute atomic E-state index is 5.46. The summed E-state index contributed by atoms with van der Waals surface area (Å²) in [5.74, 6) is 2.66. The summed E-state index contributed by atoms with van der Waals surface area (Å²) in [5.41, 5.74) is 1.05. The molecule has 1 aromatic heterocycles. The van der Waals surface area contributed by atoms with Gasteiger partial charge in [0.05, 0.1) is 13.2 Å². The summed E-state index contributed by atoms with van der Waals surface area (Å²) in [6.45, 7) is 6.42. The summed E-state index contributed by atoms with van der Waals surface area (Å²) >= 11 is 0. The SMILES string of the molecule is CCCCCNc1cc(N2CCOCC2)nc(-c2ccccc2)n1. The number of unbranched alkanes of at least 4 members (excludes halogenated alkanes) is 2. The highest BCUT2D eigenvalue weighted by Gasteiger charge is 2.15. The van der Waals surface area contributed by atoms with E-state index in [-0.39, 0.29) is 0 Å². The van der Waals surface area contributed by atoms with Gasteiger partial charge in [0.2, 0.25) is 0 Å². The summed E-state index contributed by atoms with van der Waals surface area (Å²) in [5, 5.41) is 3.46. The Kier molecular flexibility index (Phi) is 6.01. The van der Waals surface area contributed by atoms with E-state index < -0.39 is 0 Å². The van der Waals surface area contributed by atoms with Crippen molar-refractivity contribution < 1.29 is 4.74 Å². The van der Waals surface area contributed by atoms with Gasteiger partial charge in [0, 0.05) is 31.3 Å². The minimum atomic E-state index is 0.754. The van der Waals surface area contributed by atoms with E-state index >= 15 is 0 Å². The van der Waals surface area contributed by atoms with E-state index in [1.54, 1.807) is 0 Å². The van der Waals surface area contributed by atoms with Gasteiger partial charge in [-0.05, 0) is 6.42 Å². The zero-order valence-electron chi connectivity index (χ0n) is 14.4. The van der Waals surface area contributed by atoms with Crippen LogP contribution in [-0.2, 0) is 4.74 Å². The lowest BCUT2D eigenvalue weighted by Crippen LogP contribution is -2.36. The van der Waals surface area contributed by atoms with Crippen LogP contribution in [-0.4, -0.2) is 42.8 Å². The third kappa shape index (κ3) is 4.45. The molecule has 5 heteroatoms. The van der Waals surface area contributed by atoms with Crippen molar-refractivity contribution in [1.29, 1.82) is 0 Å². The zero-order valence-corrected chi connectivity index (χ0v) is 14.4. The van der Waals surface area contributed by atoms with E-state index in [1.165, 1.54) is 12.8 Å². The second kappa shape index (κ2) is 8.64. The minimum absolute atomic E-state index is 0.754. The van der Waals surface area contributed by atoms with Crippen molar-refractivity contribution in [3.63, 3.8) is 0 Å². The number of nitrogens with zero attached hydrogens (tertiary/aromatic N) is 3. The predicted molar refractivity (Wildman–Crippen MR) is 98.5 cm³/mol. The average molecular weight is 326 g/mol. The largest absolute Gasteiger partial charge is 0.378 e. The van der Waals surface area contributed by atoms with Crippen molar-refractivity contribution in [3.8, 4) is 11.4 Å². The van der Waals surface area contributed by atoms with Gasteiger partial charge in [0.15, 0.2) is 5.82 Å². The third-order valence-electron chi connectivity index (χ3n) is 4.17. The fourth-order valence-corrected chi connectivity index (χ4v) is 2.79. The molecule has 1 N–H and O–H groups in total. The van der Waals surface area contributed by atoms with Gasteiger partial charge in [-0.3, -0.25) is 0 Å². The molecular weight excluding hydrogens is 300 g/mol. The van der Waals surface area contributed by atoms with Crippen LogP contribution < -0.4 is 10.2 Å². The summed E-state index contributed by atoms with van der Waals surface area (Å²) in [7, 11) is 0. The van der Waals surface area contributed by atoms with Gasteiger partial charge >= 0.3 is 0 Å². The Morgan fingerprint density at radius 2 is 1.88 bits per heavy atom. The lowest BCUT2D eigenvalue weighted by molar-refractivity contribution is 0.122. The molecule has 0 spiro atoms. The smallest absolute Gasteiger partial charge is 0.163 e. The van der Waals surface area contributed by atoms with Crippen LogP contribution in [0, 0.1) is 0 Å². The highest BCUT2D eigenvalue weighted by atomic mass is 16.5. The quantitative estimate of drug-likeness (QED) is 0.788. The van der Waals surface area contributed by atoms with Crippen molar-refractivity contribution in [3.05, 3.63) is 36.4 Å². The van der Waals surface area contributed by atoms with E-state index in [4.69, 9.17) is 14.7 Å². The zero-order chi connectivity index (χ0) is 16.6. The number of rotatable bonds is 7. The van der Waals surface area contributed by atoms with Crippen LogP contribution in [0.2, 0.25) is 0 Å². The van der Waals surface area contributed by atoms with Gasteiger partial charge in [0.25, 0.3) is 0 Å². The molecule has 1 aromatic carbocycles. The molecule has 2 aromatic rings. The van der Waals surface area contributed by atoms with Crippen LogP contribution >= 0.6 is 0 Å². The molecule has 1 aliphatic heterocycles. The van der Waals surface area contributed by atoms with Gasteiger partial charge in [-0.2, -0.15) is 0 Å². The van der Waals surface area contributed by atoms with Gasteiger partial charge in [-0.15, -0.1) is 0 Å². The fourth-order valence-electron chi connectivity index (χ4n) is 2.79. The first kappa shape index (κ1) is 16.7. The molecule has 0 saturated carbocycles. The number of hydrogen-bond donors (Lipinski definition) is 1. The molecule has 2 heterocycles. The molecule has 0 unspecified atom stereocenters. The Bertz CT molecular complexity index is 627. The molecule has 1 aliphatic rings. The number of benzene rings is 1. The van der Waals surface area contributed by atoms with Crippen molar-refractivity contribution in [2.45, 2.75) is 26.2 Å². The summed E-state index contributed by atoms with van der Waals surface area (Å²) in [6, 6.07) is 12.2. The molecule has 0 amide bonds. The highest BCUT2D eigenvalue weighted by Crippen LogP contribution is 2.23. The van der Waals surface area contributed by atoms with Crippen LogP contribution in [0.5, 0.6) is 0 Å². The van der Waals surface area contributed by atoms with Gasteiger partial charge in [-0.1, -0.05) is 50.1 Å². The number of ether oxygens (including phenoxy) is 1. The van der Waals surface area contributed by atoms with E-state index in [9.17, 15) is 0 Å². The van der Waals surface area contributed by atoms with Crippen molar-refractivity contribution >= 4 is 11.6 Å². The first-order valence-electron chi connectivity index (χ1n) is 8.88. The second-order valence-electron chi connectivity index (χ2n) is 6.03. The third-order valence-corrected chi connectivity index (χ3v) is 4.17. The van der Waals surface area contributed by atoms with Crippen LogP contribution in [0.25, 0.3) is 11.4 Å². The molecule has 5 nitrogen and oxygen atoms in total. The number of aromatic nitrogens is 2. The Morgan fingerprint density at radius 1 is 1.08 bits per heavy atom. The number of nitrogens with one attached hydrogen (secondary N) is 1. The van der Waals surface area contributed by atoms with Crippen LogP contribution in [0.15, 0.2) is 36.4 Å². The molecule has 1 fully saturated rings. The molecule has 3 rings (SSSR count). The molecular formula is C19H26N4O. The van der Waals surface area contributed by atoms with E-state index in [1.807, 2.05) is 18.2 Å². The lowest BCUT2D eigenvalue weighted by atomic mass is 10.2. The van der Waals surface area contributed by atoms with Crippen molar-refractivity contribution in [2.24, 2.45) is 0 Å². The normalized spacial score (nSPS) is 14.6. The first-order valence-corrected chi connectivity index (χ1v) is 8.88. The Balaban J connectivity index is 1.84. The molecule has 0 atom stereocenters. The number of hydrogen-bond acceptors (Lipinski definition) is 5. The average Bonchev–Trinajstić information content (AvgIpc) is 2.66. The van der Waals surface area contributed by atoms with Crippen molar-refractivity contribution in [1.82, 2.24) is 9.97 Å². The van der Waals surface area contributed by atoms with Crippen molar-refractivity contribution in [2.75, 3.05) is 43.1 Å². The molecule has 0 radical (unpaired) electrons. The maximum atomic E-state index is 5.46. The minimum Gasteiger partial charge on any atom is -0.378 e. The van der Waals surface area contributed by atoms with Crippen LogP contribution in [0.1, 0.15) is 26.2 Å². The van der Waals surface area contributed by atoms with E-state index in [0.29, 0.717) is 0 Å². The number of morpholine rings is 1. The highest BCUT2D eigenvalue weighted by molar-refractivity contribution is 5.61. The first-order chi connectivity index (χ1) is 11.9. The van der Waals surface area contributed by atoms with E-state index in [2.05, 4.69) is 35.3 Å². The Hall–Kier alpha value is -2.14. The standard InChI is InChI=1S/C19H26N4O/c1-2-3-7-10-20-17-15-18(23-11-13-24-14-12-23)22-19(21-17)16-8-5-4-6-9-16/h4-6,8-9,15H,2-3,7,10-14H2,1H3,(H,20,21,22). The maximum Gasteiger partial charge on any atom is 0.163 e. The molecule has 128 valence electrons. The second-order valence-corrected chi connectivity index (χ2v) is 6.03. The van der Waals surface area contributed by atoms with Gasteiger partial charge in [-0.25, -0.2) is 9.97 Å². The predicted octanol–water partition coefficient (Wildman–Crippen LogP) is 3.58. The molecule has 0 bridgehead atoms. The molecule has 24 heavy (non-hydrogen) atoms. The lowest BCUT2D eigenvalue weighted by Gasteiger charge is -2.28. The van der Waals surface area contributed by atoms with E-state index in [0.717, 1.165) is 62.3 Å². The van der Waals surface area contributed by atoms with Gasteiger partial charge < -0.3 is 15.0 Å². The van der Waals surface area contributed by atoms with Crippen LogP contribution in [0.4, 0.5) is 11.6 Å². The Morgan fingerprint density at radius 3 is 2.62 bits per heavy atom. The summed E-state index contributed by atoms with van der Waals surface area (Å²) in [4.78, 5) is 11.8. The Labute approximate surface area is 144 Å².